The van der Waals surface area contributed by atoms with E-state index in [0.717, 1.165) is 5.69 Å². The van der Waals surface area contributed by atoms with Crippen LogP contribution in [0.4, 0.5) is 14.5 Å². The number of anilines is 1. The van der Waals surface area contributed by atoms with Crippen LogP contribution < -0.4 is 15.5 Å². The first kappa shape index (κ1) is 20.6. The van der Waals surface area contributed by atoms with E-state index in [1.54, 1.807) is 17.0 Å². The molecule has 1 heterocycles. The molecule has 0 aliphatic carbocycles. The predicted molar refractivity (Wildman–Crippen MR) is 107 cm³/mol. The number of thioether (sulfide) groups is 1. The van der Waals surface area contributed by atoms with Crippen molar-refractivity contribution in [1.82, 2.24) is 14.9 Å². The Kier molecular flexibility index (Phi) is 6.65. The fraction of sp³-hybridized carbons (Fsp3) is 0.211. The van der Waals surface area contributed by atoms with Gasteiger partial charge in [-0.15, -0.1) is 10.2 Å². The van der Waals surface area contributed by atoms with E-state index in [-0.39, 0.29) is 17.4 Å². The number of aromatic nitrogens is 3. The molecule has 0 spiro atoms. The van der Waals surface area contributed by atoms with Crippen molar-refractivity contribution in [3.05, 3.63) is 54.6 Å². The Balaban J connectivity index is 1.67. The van der Waals surface area contributed by atoms with Crippen LogP contribution in [-0.4, -0.2) is 39.7 Å². The van der Waals surface area contributed by atoms with Crippen molar-refractivity contribution in [2.75, 3.05) is 23.0 Å². The first-order chi connectivity index (χ1) is 14.0. The Morgan fingerprint density at radius 3 is 2.48 bits per heavy atom. The van der Waals surface area contributed by atoms with Crippen LogP contribution in [0.3, 0.4) is 0 Å². The Morgan fingerprint density at radius 1 is 1.17 bits per heavy atom. The van der Waals surface area contributed by atoms with Crippen LogP contribution in [0.15, 0.2) is 59.8 Å². The van der Waals surface area contributed by atoms with Gasteiger partial charge in [-0.2, -0.15) is 8.78 Å². The third-order valence-electron chi connectivity index (χ3n) is 4.01. The van der Waals surface area contributed by atoms with Gasteiger partial charge in [-0.3, -0.25) is 4.79 Å². The topological polar surface area (TPSA) is 86.3 Å². The molecule has 29 heavy (non-hydrogen) atoms. The van der Waals surface area contributed by atoms with E-state index in [1.807, 2.05) is 37.3 Å². The van der Waals surface area contributed by atoms with Crippen molar-refractivity contribution >= 4 is 23.4 Å². The molecule has 0 saturated heterocycles. The highest BCUT2D eigenvalue weighted by Crippen LogP contribution is 2.25. The molecule has 3 aromatic rings. The molecule has 10 heteroatoms. The maximum absolute atomic E-state index is 12.6. The van der Waals surface area contributed by atoms with Crippen molar-refractivity contribution in [3.8, 4) is 17.1 Å². The summed E-state index contributed by atoms with van der Waals surface area (Å²) in [6, 6.07) is 15.3. The number of halogens is 2. The maximum Gasteiger partial charge on any atom is 0.387 e. The number of alkyl halides is 2. The first-order valence-electron chi connectivity index (χ1n) is 8.73. The lowest BCUT2D eigenvalue weighted by Crippen LogP contribution is -2.32. The molecule has 152 valence electrons. The van der Waals surface area contributed by atoms with E-state index in [9.17, 15) is 13.6 Å². The first-order valence-corrected chi connectivity index (χ1v) is 9.72. The molecule has 7 nitrogen and oxygen atoms in total. The van der Waals surface area contributed by atoms with E-state index < -0.39 is 6.61 Å². The molecule has 0 atom stereocenters. The monoisotopic (exact) mass is 419 g/mol. The highest BCUT2D eigenvalue weighted by Gasteiger charge is 2.18. The summed E-state index contributed by atoms with van der Waals surface area (Å²) in [5, 5.41) is 8.42. The summed E-state index contributed by atoms with van der Waals surface area (Å²) >= 11 is 1.17. The lowest BCUT2D eigenvalue weighted by molar-refractivity contribution is -0.116. The lowest BCUT2D eigenvalue weighted by Gasteiger charge is -2.20. The summed E-state index contributed by atoms with van der Waals surface area (Å²) in [6.45, 7) is -0.449. The number of nitrogens with zero attached hydrogens (tertiary/aromatic N) is 4. The van der Waals surface area contributed by atoms with E-state index >= 15 is 0 Å². The number of carbonyl (C=O) groups excluding carboxylic acids is 1. The van der Waals surface area contributed by atoms with Crippen LogP contribution in [0.2, 0.25) is 0 Å². The van der Waals surface area contributed by atoms with Crippen molar-refractivity contribution < 1.29 is 18.3 Å². The summed E-state index contributed by atoms with van der Waals surface area (Å²) in [7, 11) is 0. The van der Waals surface area contributed by atoms with Crippen LogP contribution >= 0.6 is 11.8 Å². The molecular weight excluding hydrogens is 400 g/mol. The number of para-hydroxylation sites is 1. The molecule has 1 amide bonds. The minimum atomic E-state index is -2.89. The number of rotatable bonds is 8. The second kappa shape index (κ2) is 9.37. The molecule has 2 N–H and O–H groups in total. The third kappa shape index (κ3) is 5.02. The summed E-state index contributed by atoms with van der Waals surface area (Å²) < 4.78 is 30.1. The molecule has 0 unspecified atom stereocenters. The van der Waals surface area contributed by atoms with Crippen molar-refractivity contribution in [2.45, 2.75) is 18.7 Å². The average molecular weight is 419 g/mol. The zero-order valence-corrected chi connectivity index (χ0v) is 16.4. The summed E-state index contributed by atoms with van der Waals surface area (Å²) in [6.07, 6.45) is 0. The summed E-state index contributed by atoms with van der Waals surface area (Å²) in [5.41, 5.74) is 1.40. The van der Waals surface area contributed by atoms with E-state index in [0.29, 0.717) is 23.1 Å². The number of hydrogen-bond donors (Lipinski definition) is 1. The molecule has 0 bridgehead atoms. The number of ether oxygens (including phenoxy) is 1. The van der Waals surface area contributed by atoms with Gasteiger partial charge in [0.25, 0.3) is 0 Å². The summed E-state index contributed by atoms with van der Waals surface area (Å²) in [5.74, 6) is 6.49. The molecule has 0 fully saturated rings. The number of benzene rings is 2. The average Bonchev–Trinajstić information content (AvgIpc) is 3.08. The summed E-state index contributed by atoms with van der Waals surface area (Å²) in [4.78, 5) is 14.3. The fourth-order valence-corrected chi connectivity index (χ4v) is 3.41. The zero-order valence-electron chi connectivity index (χ0n) is 15.5. The lowest BCUT2D eigenvalue weighted by atomic mass is 10.2. The van der Waals surface area contributed by atoms with Gasteiger partial charge < -0.3 is 15.5 Å². The number of nitrogens with two attached hydrogens (primary N) is 1. The quantitative estimate of drug-likeness (QED) is 0.445. The molecule has 0 aliphatic rings. The predicted octanol–water partition coefficient (Wildman–Crippen LogP) is 3.41. The number of hydrogen-bond acceptors (Lipinski definition) is 6. The molecule has 0 radical (unpaired) electrons. The molecule has 0 saturated carbocycles. The minimum absolute atomic E-state index is 0.0348. The van der Waals surface area contributed by atoms with Gasteiger partial charge in [-0.05, 0) is 43.3 Å². The highest BCUT2D eigenvalue weighted by molar-refractivity contribution is 7.99. The maximum atomic E-state index is 12.6. The van der Waals surface area contributed by atoms with Gasteiger partial charge in [0.1, 0.15) is 5.75 Å². The fourth-order valence-electron chi connectivity index (χ4n) is 2.67. The van der Waals surface area contributed by atoms with Crippen molar-refractivity contribution in [3.63, 3.8) is 0 Å². The number of nitrogen functional groups attached to an aromatic ring is 1. The molecular formula is C19H19F2N5O2S. The Hall–Kier alpha value is -3.14. The molecule has 3 rings (SSSR count). The highest BCUT2D eigenvalue weighted by atomic mass is 32.2. The van der Waals surface area contributed by atoms with Gasteiger partial charge in [0.15, 0.2) is 5.82 Å². The van der Waals surface area contributed by atoms with Gasteiger partial charge in [-0.1, -0.05) is 30.0 Å². The molecule has 2 aromatic carbocycles. The number of carbonyl (C=O) groups is 1. The van der Waals surface area contributed by atoms with Gasteiger partial charge in [-0.25, -0.2) is 4.68 Å². The molecule has 1 aromatic heterocycles. The van der Waals surface area contributed by atoms with Gasteiger partial charge in [0.2, 0.25) is 11.1 Å². The van der Waals surface area contributed by atoms with Gasteiger partial charge in [0.05, 0.1) is 5.75 Å². The van der Waals surface area contributed by atoms with Crippen LogP contribution in [0, 0.1) is 0 Å². The largest absolute Gasteiger partial charge is 0.435 e. The van der Waals surface area contributed by atoms with Gasteiger partial charge >= 0.3 is 6.61 Å². The van der Waals surface area contributed by atoms with E-state index in [2.05, 4.69) is 14.9 Å². The van der Waals surface area contributed by atoms with Crippen molar-refractivity contribution in [2.24, 2.45) is 0 Å². The smallest absolute Gasteiger partial charge is 0.387 e. The van der Waals surface area contributed by atoms with Crippen LogP contribution in [-0.2, 0) is 4.79 Å². The Bertz CT molecular complexity index is 951. The van der Waals surface area contributed by atoms with E-state index in [4.69, 9.17) is 5.84 Å². The third-order valence-corrected chi connectivity index (χ3v) is 4.94. The standard InChI is InChI=1S/C19H19F2N5O2S/c1-2-25(14-6-4-3-5-7-14)16(27)12-29-19-24-23-17(26(19)22)13-8-10-15(11-9-13)28-18(20)21/h3-11,18H,2,12,22H2,1H3. The Morgan fingerprint density at radius 2 is 1.86 bits per heavy atom. The zero-order chi connectivity index (χ0) is 20.8. The number of amides is 1. The van der Waals surface area contributed by atoms with Crippen LogP contribution in [0.5, 0.6) is 5.75 Å². The van der Waals surface area contributed by atoms with Crippen LogP contribution in [0.1, 0.15) is 6.92 Å². The second-order valence-corrected chi connectivity index (χ2v) is 6.78. The molecule has 0 aliphatic heterocycles. The van der Waals surface area contributed by atoms with Gasteiger partial charge in [0, 0.05) is 17.8 Å². The normalized spacial score (nSPS) is 10.9. The Labute approximate surface area is 170 Å². The SMILES string of the molecule is CCN(C(=O)CSc1nnc(-c2ccc(OC(F)F)cc2)n1N)c1ccccc1. The van der Waals surface area contributed by atoms with Crippen LogP contribution in [0.25, 0.3) is 11.4 Å². The second-order valence-electron chi connectivity index (χ2n) is 5.84. The van der Waals surface area contributed by atoms with Crippen molar-refractivity contribution in [1.29, 1.82) is 0 Å². The minimum Gasteiger partial charge on any atom is -0.435 e. The van der Waals surface area contributed by atoms with E-state index in [1.165, 1.54) is 28.6 Å².